The van der Waals surface area contributed by atoms with E-state index >= 15 is 0 Å². The molecule has 1 heterocycles. The highest BCUT2D eigenvalue weighted by molar-refractivity contribution is 5.23. The minimum atomic E-state index is -0.158. The Labute approximate surface area is 126 Å². The molecule has 3 nitrogen and oxygen atoms in total. The molecule has 1 aromatic heterocycles. The maximum atomic E-state index is 14.0. The first-order chi connectivity index (χ1) is 10.1. The van der Waals surface area contributed by atoms with E-state index in [1.54, 1.807) is 6.07 Å². The number of halogens is 1. The summed E-state index contributed by atoms with van der Waals surface area (Å²) in [5, 5.41) is 7.99. The smallest absolute Gasteiger partial charge is 0.127 e. The summed E-state index contributed by atoms with van der Waals surface area (Å²) in [4.78, 5) is 0. The van der Waals surface area contributed by atoms with Gasteiger partial charge in [-0.25, -0.2) is 4.39 Å². The molecule has 1 N–H and O–H groups in total. The van der Waals surface area contributed by atoms with E-state index in [4.69, 9.17) is 0 Å². The molecule has 2 rings (SSSR count). The molecule has 4 heteroatoms. The van der Waals surface area contributed by atoms with Crippen LogP contribution in [0, 0.1) is 5.82 Å². The van der Waals surface area contributed by atoms with Crippen LogP contribution >= 0.6 is 0 Å². The Morgan fingerprint density at radius 2 is 2.00 bits per heavy atom. The predicted molar refractivity (Wildman–Crippen MR) is 83.8 cm³/mol. The number of benzene rings is 1. The number of rotatable bonds is 7. The summed E-state index contributed by atoms with van der Waals surface area (Å²) in [5.41, 5.74) is 1.70. The average Bonchev–Trinajstić information content (AvgIpc) is 2.93. The monoisotopic (exact) mass is 289 g/mol. The molecule has 0 fully saturated rings. The summed E-state index contributed by atoms with van der Waals surface area (Å²) in [6, 6.07) is 9.29. The van der Waals surface area contributed by atoms with Crippen molar-refractivity contribution in [2.75, 3.05) is 6.54 Å². The lowest BCUT2D eigenvalue weighted by Crippen LogP contribution is -2.25. The Morgan fingerprint density at radius 1 is 1.24 bits per heavy atom. The molecule has 0 amide bonds. The molecule has 1 aromatic carbocycles. The second-order valence-electron chi connectivity index (χ2n) is 5.61. The maximum absolute atomic E-state index is 14.0. The van der Waals surface area contributed by atoms with Crippen LogP contribution in [0.4, 0.5) is 4.39 Å². The Hall–Kier alpha value is -1.68. The van der Waals surface area contributed by atoms with Crippen LogP contribution < -0.4 is 5.32 Å². The first-order valence-electron chi connectivity index (χ1n) is 7.63. The van der Waals surface area contributed by atoms with Crippen LogP contribution in [0.3, 0.4) is 0 Å². The van der Waals surface area contributed by atoms with E-state index in [0.29, 0.717) is 18.0 Å². The van der Waals surface area contributed by atoms with Gasteiger partial charge in [-0.1, -0.05) is 25.1 Å². The maximum Gasteiger partial charge on any atom is 0.127 e. The lowest BCUT2D eigenvalue weighted by Gasteiger charge is -2.18. The summed E-state index contributed by atoms with van der Waals surface area (Å²) in [6.45, 7) is 7.17. The van der Waals surface area contributed by atoms with Gasteiger partial charge in [0.2, 0.25) is 0 Å². The summed E-state index contributed by atoms with van der Waals surface area (Å²) in [5.74, 6) is -0.158. The fourth-order valence-electron chi connectivity index (χ4n) is 2.35. The van der Waals surface area contributed by atoms with E-state index < -0.39 is 0 Å². The molecule has 0 saturated carbocycles. The summed E-state index contributed by atoms with van der Waals surface area (Å²) < 4.78 is 16.0. The molecule has 21 heavy (non-hydrogen) atoms. The molecule has 1 atom stereocenters. The van der Waals surface area contributed by atoms with Gasteiger partial charge in [0.15, 0.2) is 0 Å². The normalized spacial score (nSPS) is 12.8. The van der Waals surface area contributed by atoms with Crippen LogP contribution in [0.2, 0.25) is 0 Å². The summed E-state index contributed by atoms with van der Waals surface area (Å²) >= 11 is 0. The zero-order valence-electron chi connectivity index (χ0n) is 13.0. The minimum absolute atomic E-state index is 0.0401. The van der Waals surface area contributed by atoms with Crippen molar-refractivity contribution in [1.29, 1.82) is 0 Å². The molecule has 0 aliphatic heterocycles. The molecule has 0 aliphatic carbocycles. The number of nitrogens with zero attached hydrogens (tertiary/aromatic N) is 2. The molecular formula is C17H24FN3. The van der Waals surface area contributed by atoms with Crippen molar-refractivity contribution in [3.63, 3.8) is 0 Å². The van der Waals surface area contributed by atoms with Crippen LogP contribution in [0.25, 0.3) is 0 Å². The average molecular weight is 289 g/mol. The van der Waals surface area contributed by atoms with E-state index in [1.807, 2.05) is 29.1 Å². The Kier molecular flexibility index (Phi) is 5.51. The lowest BCUT2D eigenvalue weighted by molar-refractivity contribution is 0.481. The van der Waals surface area contributed by atoms with E-state index in [0.717, 1.165) is 18.7 Å². The molecule has 1 unspecified atom stereocenters. The Bertz CT molecular complexity index is 563. The quantitative estimate of drug-likeness (QED) is 0.838. The zero-order valence-corrected chi connectivity index (χ0v) is 13.0. The highest BCUT2D eigenvalue weighted by Gasteiger charge is 2.16. The van der Waals surface area contributed by atoms with Gasteiger partial charge in [-0.15, -0.1) is 0 Å². The predicted octanol–water partition coefficient (Wildman–Crippen LogP) is 3.89. The van der Waals surface area contributed by atoms with Crippen molar-refractivity contribution < 1.29 is 4.39 Å². The topological polar surface area (TPSA) is 29.9 Å². The SMILES string of the molecule is CCCNC(Cc1ccn(C(C)C)n1)c1ccccc1F. The Morgan fingerprint density at radius 3 is 2.62 bits per heavy atom. The highest BCUT2D eigenvalue weighted by atomic mass is 19.1. The zero-order chi connectivity index (χ0) is 15.2. The number of aromatic nitrogens is 2. The fraction of sp³-hybridized carbons (Fsp3) is 0.471. The molecule has 2 aromatic rings. The first kappa shape index (κ1) is 15.7. The summed E-state index contributed by atoms with van der Waals surface area (Å²) in [6.07, 6.45) is 3.70. The molecule has 0 bridgehead atoms. The van der Waals surface area contributed by atoms with Crippen LogP contribution in [-0.4, -0.2) is 16.3 Å². The second-order valence-corrected chi connectivity index (χ2v) is 5.61. The van der Waals surface area contributed by atoms with Gasteiger partial charge in [0.25, 0.3) is 0 Å². The van der Waals surface area contributed by atoms with Crippen LogP contribution in [0.5, 0.6) is 0 Å². The van der Waals surface area contributed by atoms with Crippen molar-refractivity contribution in [3.05, 3.63) is 53.6 Å². The minimum Gasteiger partial charge on any atom is -0.310 e. The number of hydrogen-bond acceptors (Lipinski definition) is 2. The molecule has 0 aliphatic rings. The van der Waals surface area contributed by atoms with Crippen molar-refractivity contribution in [3.8, 4) is 0 Å². The van der Waals surface area contributed by atoms with Crippen molar-refractivity contribution in [2.45, 2.75) is 45.7 Å². The van der Waals surface area contributed by atoms with Gasteiger partial charge >= 0.3 is 0 Å². The molecule has 114 valence electrons. The lowest BCUT2D eigenvalue weighted by atomic mass is 10.0. The number of nitrogens with one attached hydrogen (secondary N) is 1. The van der Waals surface area contributed by atoms with Gasteiger partial charge in [0.1, 0.15) is 5.82 Å². The van der Waals surface area contributed by atoms with Crippen molar-refractivity contribution in [1.82, 2.24) is 15.1 Å². The van der Waals surface area contributed by atoms with Crippen molar-refractivity contribution >= 4 is 0 Å². The molecular weight excluding hydrogens is 265 g/mol. The van der Waals surface area contributed by atoms with Gasteiger partial charge in [-0.05, 0) is 38.9 Å². The first-order valence-corrected chi connectivity index (χ1v) is 7.63. The van der Waals surface area contributed by atoms with E-state index in [9.17, 15) is 4.39 Å². The van der Waals surface area contributed by atoms with E-state index in [-0.39, 0.29) is 11.9 Å². The third-order valence-corrected chi connectivity index (χ3v) is 3.53. The number of hydrogen-bond donors (Lipinski definition) is 1. The molecule has 0 saturated heterocycles. The van der Waals surface area contributed by atoms with Crippen LogP contribution in [0.1, 0.15) is 50.5 Å². The van der Waals surface area contributed by atoms with E-state index in [2.05, 4.69) is 31.2 Å². The standard InChI is InChI=1S/C17H24FN3/c1-4-10-19-17(15-7-5-6-8-16(15)18)12-14-9-11-21(20-14)13(2)3/h5-9,11,13,17,19H,4,10,12H2,1-3H3. The van der Waals surface area contributed by atoms with Crippen LogP contribution in [-0.2, 0) is 6.42 Å². The largest absolute Gasteiger partial charge is 0.310 e. The van der Waals surface area contributed by atoms with E-state index in [1.165, 1.54) is 6.07 Å². The second kappa shape index (κ2) is 7.36. The third-order valence-electron chi connectivity index (χ3n) is 3.53. The van der Waals surface area contributed by atoms with Crippen LogP contribution in [0.15, 0.2) is 36.5 Å². The fourth-order valence-corrected chi connectivity index (χ4v) is 2.35. The van der Waals surface area contributed by atoms with Gasteiger partial charge in [0.05, 0.1) is 5.69 Å². The Balaban J connectivity index is 2.18. The van der Waals surface area contributed by atoms with Gasteiger partial charge in [-0.3, -0.25) is 4.68 Å². The van der Waals surface area contributed by atoms with Gasteiger partial charge in [0, 0.05) is 30.3 Å². The van der Waals surface area contributed by atoms with Gasteiger partial charge < -0.3 is 5.32 Å². The van der Waals surface area contributed by atoms with Crippen molar-refractivity contribution in [2.24, 2.45) is 0 Å². The third kappa shape index (κ3) is 4.14. The highest BCUT2D eigenvalue weighted by Crippen LogP contribution is 2.21. The molecule has 0 radical (unpaired) electrons. The summed E-state index contributed by atoms with van der Waals surface area (Å²) in [7, 11) is 0. The van der Waals surface area contributed by atoms with Gasteiger partial charge in [-0.2, -0.15) is 5.10 Å². The molecule has 0 spiro atoms.